The molecule has 0 fully saturated rings. The largest absolute Gasteiger partial charge is 0.481 e. The predicted molar refractivity (Wildman–Crippen MR) is 122 cm³/mol. The Balaban J connectivity index is 1.65. The molecule has 4 aromatic rings. The molecule has 0 atom stereocenters. The molecule has 0 radical (unpaired) electrons. The molecular weight excluding hydrogens is 466 g/mol. The van der Waals surface area contributed by atoms with Crippen molar-refractivity contribution >= 4 is 37.9 Å². The first-order valence-corrected chi connectivity index (χ1v) is 12.2. The van der Waals surface area contributed by atoms with Crippen LogP contribution in [0.3, 0.4) is 0 Å². The molecule has 170 valence electrons. The number of carbonyl (C=O) groups is 1. The number of hydrogen-bond acceptors (Lipinski definition) is 9. The second-order valence-electron chi connectivity index (χ2n) is 6.94. The molecule has 0 bridgehead atoms. The van der Waals surface area contributed by atoms with Crippen molar-refractivity contribution in [3.05, 3.63) is 75.0 Å². The fourth-order valence-electron chi connectivity index (χ4n) is 3.15. The van der Waals surface area contributed by atoms with Crippen molar-refractivity contribution in [2.24, 2.45) is 0 Å². The Bertz CT molecular complexity index is 1490. The van der Waals surface area contributed by atoms with E-state index in [2.05, 4.69) is 10.1 Å². The Morgan fingerprint density at radius 2 is 1.94 bits per heavy atom. The van der Waals surface area contributed by atoms with Gasteiger partial charge in [-0.05, 0) is 36.8 Å². The van der Waals surface area contributed by atoms with Crippen molar-refractivity contribution in [2.75, 3.05) is 13.7 Å². The van der Waals surface area contributed by atoms with Crippen LogP contribution in [0.4, 0.5) is 0 Å². The summed E-state index contributed by atoms with van der Waals surface area (Å²) in [5.74, 6) is -0.106. The van der Waals surface area contributed by atoms with Gasteiger partial charge in [-0.2, -0.15) is 5.10 Å². The number of rotatable bonds is 7. The first kappa shape index (κ1) is 22.6. The molecule has 0 unspecified atom stereocenters. The molecule has 0 aliphatic carbocycles. The van der Waals surface area contributed by atoms with Crippen LogP contribution in [0.15, 0.2) is 68.8 Å². The summed E-state index contributed by atoms with van der Waals surface area (Å²) in [7, 11) is -2.37. The van der Waals surface area contributed by atoms with Crippen molar-refractivity contribution in [3.8, 4) is 5.88 Å². The van der Waals surface area contributed by atoms with E-state index >= 15 is 0 Å². The van der Waals surface area contributed by atoms with Crippen LogP contribution in [-0.4, -0.2) is 42.9 Å². The topological polar surface area (TPSA) is 117 Å². The summed E-state index contributed by atoms with van der Waals surface area (Å²) in [6.45, 7) is 2.08. The van der Waals surface area contributed by atoms with Crippen LogP contribution in [-0.2, 0) is 21.1 Å². The van der Waals surface area contributed by atoms with Gasteiger partial charge in [0.1, 0.15) is 4.88 Å². The summed E-state index contributed by atoms with van der Waals surface area (Å²) in [6, 6.07) is 9.01. The Kier molecular flexibility index (Phi) is 6.25. The molecule has 11 heteroatoms. The van der Waals surface area contributed by atoms with Crippen LogP contribution in [0, 0.1) is 0 Å². The summed E-state index contributed by atoms with van der Waals surface area (Å²) >= 11 is 0.998. The van der Waals surface area contributed by atoms with Gasteiger partial charge in [-0.25, -0.2) is 22.9 Å². The molecule has 0 saturated carbocycles. The standard InChI is InChI=1S/C22H19N3O6S2/c1-3-31-22(27)19-9-17(13-32-19)33(28,29)16-5-6-18-15(8-16)11-24-25(21(18)26)12-14-4-7-20(30-2)23-10-14/h4-11,13H,3,12H2,1-2H3. The number of aromatic nitrogens is 3. The predicted octanol–water partition coefficient (Wildman–Crippen LogP) is 2.92. The number of esters is 1. The van der Waals surface area contributed by atoms with Crippen LogP contribution >= 0.6 is 11.3 Å². The van der Waals surface area contributed by atoms with Crippen molar-refractivity contribution in [3.63, 3.8) is 0 Å². The Labute approximate surface area is 193 Å². The molecule has 0 aliphatic heterocycles. The highest BCUT2D eigenvalue weighted by molar-refractivity contribution is 7.91. The van der Waals surface area contributed by atoms with E-state index in [1.54, 1.807) is 25.3 Å². The van der Waals surface area contributed by atoms with Gasteiger partial charge in [-0.1, -0.05) is 6.07 Å². The highest BCUT2D eigenvalue weighted by Crippen LogP contribution is 2.27. The molecule has 1 aromatic carbocycles. The zero-order chi connectivity index (χ0) is 23.6. The molecule has 4 rings (SSSR count). The van der Waals surface area contributed by atoms with E-state index in [4.69, 9.17) is 9.47 Å². The summed E-state index contributed by atoms with van der Waals surface area (Å²) in [5.41, 5.74) is 0.409. The van der Waals surface area contributed by atoms with Crippen LogP contribution in [0.5, 0.6) is 5.88 Å². The van der Waals surface area contributed by atoms with Crippen molar-refractivity contribution < 1.29 is 22.7 Å². The summed E-state index contributed by atoms with van der Waals surface area (Å²) < 4.78 is 37.3. The van der Waals surface area contributed by atoms with Crippen LogP contribution in [0.25, 0.3) is 10.8 Å². The lowest BCUT2D eigenvalue weighted by Gasteiger charge is -2.08. The minimum absolute atomic E-state index is 0.00140. The van der Waals surface area contributed by atoms with Crippen LogP contribution in [0.2, 0.25) is 0 Å². The molecule has 33 heavy (non-hydrogen) atoms. The molecule has 0 N–H and O–H groups in total. The Hall–Kier alpha value is -3.57. The quantitative estimate of drug-likeness (QED) is 0.367. The summed E-state index contributed by atoms with van der Waals surface area (Å²) in [4.78, 5) is 29.1. The van der Waals surface area contributed by atoms with Crippen LogP contribution in [0.1, 0.15) is 22.2 Å². The van der Waals surface area contributed by atoms with Gasteiger partial charge in [-0.3, -0.25) is 4.79 Å². The van der Waals surface area contributed by atoms with Gasteiger partial charge in [0, 0.05) is 23.0 Å². The zero-order valence-corrected chi connectivity index (χ0v) is 19.4. The molecule has 3 aromatic heterocycles. The number of nitrogens with zero attached hydrogens (tertiary/aromatic N) is 3. The van der Waals surface area contributed by atoms with E-state index in [1.807, 2.05) is 0 Å². The van der Waals surface area contributed by atoms with E-state index < -0.39 is 15.8 Å². The molecule has 0 amide bonds. The smallest absolute Gasteiger partial charge is 0.348 e. The lowest BCUT2D eigenvalue weighted by atomic mass is 10.2. The fourth-order valence-corrected chi connectivity index (χ4v) is 5.61. The summed E-state index contributed by atoms with van der Waals surface area (Å²) in [6.07, 6.45) is 3.04. The van der Waals surface area contributed by atoms with Gasteiger partial charge < -0.3 is 9.47 Å². The maximum Gasteiger partial charge on any atom is 0.348 e. The lowest BCUT2D eigenvalue weighted by molar-refractivity contribution is 0.0532. The SMILES string of the molecule is CCOC(=O)c1cc(S(=O)(=O)c2ccc3c(=O)n(Cc4ccc(OC)nc4)ncc3c2)cs1. The maximum absolute atomic E-state index is 13.1. The molecule has 0 spiro atoms. The highest BCUT2D eigenvalue weighted by Gasteiger charge is 2.22. The first-order chi connectivity index (χ1) is 15.8. The third kappa shape index (κ3) is 4.50. The van der Waals surface area contributed by atoms with Gasteiger partial charge in [0.25, 0.3) is 5.56 Å². The van der Waals surface area contributed by atoms with Crippen molar-refractivity contribution in [1.82, 2.24) is 14.8 Å². The highest BCUT2D eigenvalue weighted by atomic mass is 32.2. The van der Waals surface area contributed by atoms with Gasteiger partial charge in [0.15, 0.2) is 0 Å². The molecule has 0 saturated heterocycles. The van der Waals surface area contributed by atoms with Crippen molar-refractivity contribution in [1.29, 1.82) is 0 Å². The third-order valence-corrected chi connectivity index (χ3v) is 7.63. The van der Waals surface area contributed by atoms with Gasteiger partial charge in [0.05, 0.1) is 41.6 Å². The van der Waals surface area contributed by atoms with Gasteiger partial charge in [0.2, 0.25) is 15.7 Å². The number of benzene rings is 1. The average molecular weight is 486 g/mol. The Morgan fingerprint density at radius 1 is 1.12 bits per heavy atom. The fraction of sp³-hybridized carbons (Fsp3) is 0.182. The monoisotopic (exact) mass is 485 g/mol. The number of thiophene rings is 1. The number of carbonyl (C=O) groups excluding carboxylic acids is 1. The second kappa shape index (κ2) is 9.12. The second-order valence-corrected chi connectivity index (χ2v) is 9.80. The van der Waals surface area contributed by atoms with Gasteiger partial charge >= 0.3 is 5.97 Å². The number of fused-ring (bicyclic) bond motifs is 1. The molecular formula is C22H19N3O6S2. The van der Waals surface area contributed by atoms with Crippen molar-refractivity contribution in [2.45, 2.75) is 23.3 Å². The van der Waals surface area contributed by atoms with E-state index in [9.17, 15) is 18.0 Å². The van der Waals surface area contributed by atoms with E-state index in [0.717, 1.165) is 16.9 Å². The third-order valence-electron chi connectivity index (χ3n) is 4.84. The van der Waals surface area contributed by atoms with Crippen LogP contribution < -0.4 is 10.3 Å². The number of ether oxygens (including phenoxy) is 2. The van der Waals surface area contributed by atoms with Gasteiger partial charge in [-0.15, -0.1) is 11.3 Å². The minimum atomic E-state index is -3.89. The zero-order valence-electron chi connectivity index (χ0n) is 17.7. The first-order valence-electron chi connectivity index (χ1n) is 9.83. The minimum Gasteiger partial charge on any atom is -0.481 e. The Morgan fingerprint density at radius 3 is 2.64 bits per heavy atom. The number of pyridine rings is 1. The molecule has 3 heterocycles. The molecule has 0 aliphatic rings. The lowest BCUT2D eigenvalue weighted by Crippen LogP contribution is -2.23. The maximum atomic E-state index is 13.1. The number of hydrogen-bond donors (Lipinski definition) is 0. The van der Waals surface area contributed by atoms with E-state index in [0.29, 0.717) is 16.7 Å². The number of sulfone groups is 1. The summed E-state index contributed by atoms with van der Waals surface area (Å²) in [5, 5.41) is 6.30. The van der Waals surface area contributed by atoms with E-state index in [-0.39, 0.29) is 33.4 Å². The molecule has 9 nitrogen and oxygen atoms in total. The average Bonchev–Trinajstić information content (AvgIpc) is 3.33. The number of methoxy groups -OCH3 is 1. The van der Waals surface area contributed by atoms with E-state index in [1.165, 1.54) is 47.6 Å². The normalized spacial score (nSPS) is 11.5.